The van der Waals surface area contributed by atoms with Crippen molar-refractivity contribution < 1.29 is 14.6 Å². The summed E-state index contributed by atoms with van der Waals surface area (Å²) in [5.41, 5.74) is 1.80. The maximum absolute atomic E-state index is 10.3. The van der Waals surface area contributed by atoms with Gasteiger partial charge in [-0.2, -0.15) is 9.97 Å². The van der Waals surface area contributed by atoms with Gasteiger partial charge in [-0.25, -0.2) is 4.98 Å². The minimum Gasteiger partial charge on any atom is -0.497 e. The summed E-state index contributed by atoms with van der Waals surface area (Å²) >= 11 is 0. The van der Waals surface area contributed by atoms with E-state index in [1.165, 1.54) is 12.8 Å². The van der Waals surface area contributed by atoms with Gasteiger partial charge in [-0.1, -0.05) is 12.8 Å². The van der Waals surface area contributed by atoms with Crippen LogP contribution in [0, 0.1) is 0 Å². The number of fused-ring (bicyclic) bond motifs is 1. The normalized spacial score (nSPS) is 23.2. The molecule has 0 saturated heterocycles. The van der Waals surface area contributed by atoms with Crippen LogP contribution in [-0.4, -0.2) is 50.5 Å². The molecule has 2 fully saturated rings. The Labute approximate surface area is 199 Å². The quantitative estimate of drug-likeness (QED) is 0.456. The molecule has 3 aromatic rings. The highest BCUT2D eigenvalue weighted by Gasteiger charge is 2.29. The van der Waals surface area contributed by atoms with Gasteiger partial charge in [0.25, 0.3) is 0 Å². The monoisotopic (exact) mass is 466 g/mol. The molecule has 0 unspecified atom stereocenters. The summed E-state index contributed by atoms with van der Waals surface area (Å²) in [4.78, 5) is 14.4. The largest absolute Gasteiger partial charge is 0.497 e. The number of aromatic nitrogens is 4. The maximum Gasteiger partial charge on any atom is 0.227 e. The fraction of sp³-hybridized carbons (Fsp3) is 0.560. The Kier molecular flexibility index (Phi) is 6.20. The number of ether oxygens (including phenoxy) is 2. The van der Waals surface area contributed by atoms with Crippen molar-refractivity contribution in [1.29, 1.82) is 0 Å². The Bertz CT molecular complexity index is 1120. The fourth-order valence-electron chi connectivity index (χ4n) is 5.10. The molecule has 1 aromatic carbocycles. The predicted octanol–water partition coefficient (Wildman–Crippen LogP) is 4.81. The fourth-order valence-corrected chi connectivity index (χ4v) is 5.10. The molecule has 9 nitrogen and oxygen atoms in total. The third-order valence-corrected chi connectivity index (χ3v) is 7.15. The van der Waals surface area contributed by atoms with Crippen molar-refractivity contribution in [3.8, 4) is 11.5 Å². The van der Waals surface area contributed by atoms with Crippen LogP contribution in [-0.2, 0) is 0 Å². The first-order chi connectivity index (χ1) is 16.4. The van der Waals surface area contributed by atoms with Crippen LogP contribution in [0.5, 0.6) is 11.5 Å². The second-order valence-electron chi connectivity index (χ2n) is 9.80. The molecule has 2 aliphatic rings. The number of imidazole rings is 1. The number of nitrogens with zero attached hydrogens (tertiary/aromatic N) is 4. The van der Waals surface area contributed by atoms with E-state index in [1.54, 1.807) is 14.2 Å². The van der Waals surface area contributed by atoms with E-state index < -0.39 is 5.60 Å². The summed E-state index contributed by atoms with van der Waals surface area (Å²) in [5.74, 6) is 2.60. The van der Waals surface area contributed by atoms with Crippen molar-refractivity contribution in [2.45, 2.75) is 76.0 Å². The van der Waals surface area contributed by atoms with Gasteiger partial charge in [-0.15, -0.1) is 0 Å². The molecule has 0 bridgehead atoms. The Balaban J connectivity index is 1.51. The Morgan fingerprint density at radius 2 is 1.68 bits per heavy atom. The molecular weight excluding hydrogens is 432 g/mol. The average molecular weight is 467 g/mol. The summed E-state index contributed by atoms with van der Waals surface area (Å²) in [6.07, 6.45) is 9.95. The molecule has 34 heavy (non-hydrogen) atoms. The molecule has 2 aromatic heterocycles. The van der Waals surface area contributed by atoms with Crippen LogP contribution in [0.15, 0.2) is 24.5 Å². The van der Waals surface area contributed by atoms with Gasteiger partial charge in [-0.05, 0) is 45.4 Å². The summed E-state index contributed by atoms with van der Waals surface area (Å²) in [5, 5.41) is 17.3. The van der Waals surface area contributed by atoms with Crippen molar-refractivity contribution in [1.82, 2.24) is 19.5 Å². The third-order valence-electron chi connectivity index (χ3n) is 7.15. The number of aliphatic hydroxyl groups is 1. The van der Waals surface area contributed by atoms with Crippen LogP contribution in [0.1, 0.15) is 64.3 Å². The van der Waals surface area contributed by atoms with Crippen LogP contribution in [0.2, 0.25) is 0 Å². The number of hydrogen-bond acceptors (Lipinski definition) is 8. The number of nitrogens with one attached hydrogen (secondary N) is 2. The van der Waals surface area contributed by atoms with Crippen LogP contribution in [0.4, 0.5) is 17.5 Å². The van der Waals surface area contributed by atoms with Gasteiger partial charge in [0.05, 0.1) is 26.1 Å². The molecule has 2 saturated carbocycles. The highest BCUT2D eigenvalue weighted by Crippen LogP contribution is 2.35. The molecule has 3 N–H and O–H groups in total. The minimum atomic E-state index is -0.581. The Hall–Kier alpha value is -3.07. The van der Waals surface area contributed by atoms with Gasteiger partial charge in [-0.3, -0.25) is 0 Å². The highest BCUT2D eigenvalue weighted by molar-refractivity contribution is 5.87. The smallest absolute Gasteiger partial charge is 0.227 e. The zero-order chi connectivity index (χ0) is 23.7. The minimum absolute atomic E-state index is 0.227. The standard InChI is InChI=1S/C25H34N6O3/c1-25(32)10-8-16(9-11-25)28-24-29-22(27-17-12-19(33-2)14-20(13-17)34-3)21-23(30-24)31(15-26-21)18-6-4-5-7-18/h12-16,18,32H,4-11H2,1-3H3,(H2,27,28,29,30). The van der Waals surface area contributed by atoms with E-state index in [9.17, 15) is 5.11 Å². The first kappa shape index (κ1) is 22.7. The maximum atomic E-state index is 10.3. The van der Waals surface area contributed by atoms with Gasteiger partial charge in [0, 0.05) is 36.0 Å². The van der Waals surface area contributed by atoms with E-state index in [4.69, 9.17) is 24.4 Å². The SMILES string of the molecule is COc1cc(Nc2nc(NC3CCC(C)(O)CC3)nc3c2ncn3C2CCCC2)cc(OC)c1. The number of hydrogen-bond donors (Lipinski definition) is 3. The summed E-state index contributed by atoms with van der Waals surface area (Å²) in [7, 11) is 3.27. The Morgan fingerprint density at radius 1 is 1.00 bits per heavy atom. The van der Waals surface area contributed by atoms with E-state index in [0.29, 0.717) is 29.3 Å². The van der Waals surface area contributed by atoms with Gasteiger partial charge < -0.3 is 29.8 Å². The van der Waals surface area contributed by atoms with Crippen LogP contribution in [0.25, 0.3) is 11.2 Å². The second-order valence-corrected chi connectivity index (χ2v) is 9.80. The number of methoxy groups -OCH3 is 2. The van der Waals surface area contributed by atoms with Crippen LogP contribution in [0.3, 0.4) is 0 Å². The van der Waals surface area contributed by atoms with Crippen molar-refractivity contribution in [2.75, 3.05) is 24.9 Å². The van der Waals surface area contributed by atoms with Gasteiger partial charge in [0.1, 0.15) is 11.5 Å². The lowest BCUT2D eigenvalue weighted by Gasteiger charge is -2.33. The lowest BCUT2D eigenvalue weighted by atomic mass is 9.84. The zero-order valence-electron chi connectivity index (χ0n) is 20.2. The van der Waals surface area contributed by atoms with Crippen LogP contribution < -0.4 is 20.1 Å². The third kappa shape index (κ3) is 4.75. The second kappa shape index (κ2) is 9.29. The number of anilines is 3. The highest BCUT2D eigenvalue weighted by atomic mass is 16.5. The molecule has 182 valence electrons. The van der Waals surface area contributed by atoms with Gasteiger partial charge in [0.15, 0.2) is 17.0 Å². The van der Waals surface area contributed by atoms with Gasteiger partial charge in [0.2, 0.25) is 5.95 Å². The van der Waals surface area contributed by atoms with E-state index in [2.05, 4.69) is 15.2 Å². The van der Waals surface area contributed by atoms with Crippen molar-refractivity contribution in [3.05, 3.63) is 24.5 Å². The first-order valence-corrected chi connectivity index (χ1v) is 12.2. The van der Waals surface area contributed by atoms with Crippen molar-refractivity contribution in [2.24, 2.45) is 0 Å². The van der Waals surface area contributed by atoms with E-state index in [1.807, 2.05) is 31.5 Å². The van der Waals surface area contributed by atoms with E-state index >= 15 is 0 Å². The Morgan fingerprint density at radius 3 is 2.32 bits per heavy atom. The zero-order valence-corrected chi connectivity index (χ0v) is 20.2. The van der Waals surface area contributed by atoms with Crippen molar-refractivity contribution in [3.63, 3.8) is 0 Å². The number of benzene rings is 1. The summed E-state index contributed by atoms with van der Waals surface area (Å²) in [6.45, 7) is 1.91. The van der Waals surface area contributed by atoms with Crippen LogP contribution >= 0.6 is 0 Å². The van der Waals surface area contributed by atoms with E-state index in [-0.39, 0.29) is 6.04 Å². The lowest BCUT2D eigenvalue weighted by Crippen LogP contribution is -2.36. The molecule has 0 amide bonds. The number of rotatable bonds is 7. The molecule has 0 radical (unpaired) electrons. The molecule has 0 aliphatic heterocycles. The molecular formula is C25H34N6O3. The molecule has 9 heteroatoms. The topological polar surface area (TPSA) is 106 Å². The lowest BCUT2D eigenvalue weighted by molar-refractivity contribution is 0.0196. The van der Waals surface area contributed by atoms with E-state index in [0.717, 1.165) is 55.4 Å². The molecule has 2 heterocycles. The van der Waals surface area contributed by atoms with Gasteiger partial charge >= 0.3 is 0 Å². The van der Waals surface area contributed by atoms with Crippen molar-refractivity contribution >= 4 is 28.6 Å². The molecule has 0 atom stereocenters. The predicted molar refractivity (Wildman–Crippen MR) is 132 cm³/mol. The molecule has 2 aliphatic carbocycles. The summed E-state index contributed by atoms with van der Waals surface area (Å²) in [6, 6.07) is 6.29. The first-order valence-electron chi connectivity index (χ1n) is 12.2. The molecule has 0 spiro atoms. The average Bonchev–Trinajstić information content (AvgIpc) is 3.50. The summed E-state index contributed by atoms with van der Waals surface area (Å²) < 4.78 is 13.1. The molecule has 5 rings (SSSR count).